The van der Waals surface area contributed by atoms with Gasteiger partial charge in [0.15, 0.2) is 11.5 Å². The van der Waals surface area contributed by atoms with Gasteiger partial charge in [-0.3, -0.25) is 19.3 Å². The highest BCUT2D eigenvalue weighted by Crippen LogP contribution is 2.37. The van der Waals surface area contributed by atoms with Crippen molar-refractivity contribution < 1.29 is 28.7 Å². The Hall–Kier alpha value is -4.08. The van der Waals surface area contributed by atoms with Gasteiger partial charge >= 0.3 is 6.03 Å². The number of fused-ring (bicyclic) bond motifs is 2. The summed E-state index contributed by atoms with van der Waals surface area (Å²) in [5, 5.41) is 5.46. The van der Waals surface area contributed by atoms with Crippen molar-refractivity contribution in [2.24, 2.45) is 0 Å². The fraction of sp³-hybridized carbons (Fsp3) is 0.360. The first-order valence-electron chi connectivity index (χ1n) is 11.5. The monoisotopic (exact) mass is 478 g/mol. The van der Waals surface area contributed by atoms with Crippen LogP contribution in [0.2, 0.25) is 0 Å². The molecule has 0 saturated carbocycles. The van der Waals surface area contributed by atoms with Crippen LogP contribution in [0.15, 0.2) is 36.4 Å². The minimum Gasteiger partial charge on any atom is -0.490 e. The molecule has 1 saturated heterocycles. The summed E-state index contributed by atoms with van der Waals surface area (Å²) in [4.78, 5) is 53.0. The van der Waals surface area contributed by atoms with Crippen LogP contribution in [0, 0.1) is 0 Å². The number of nitrogens with one attached hydrogen (secondary N) is 2. The number of ether oxygens (including phenoxy) is 2. The van der Waals surface area contributed by atoms with Crippen molar-refractivity contribution >= 4 is 35.1 Å². The van der Waals surface area contributed by atoms with Gasteiger partial charge in [-0.1, -0.05) is 6.07 Å². The molecule has 3 aliphatic heterocycles. The van der Waals surface area contributed by atoms with Crippen LogP contribution in [0.3, 0.4) is 0 Å². The summed E-state index contributed by atoms with van der Waals surface area (Å²) in [5.41, 5.74) is 1.52. The lowest BCUT2D eigenvalue weighted by molar-refractivity contribution is -0.133. The van der Waals surface area contributed by atoms with E-state index in [1.807, 2.05) is 6.07 Å². The number of amides is 5. The van der Waals surface area contributed by atoms with E-state index >= 15 is 0 Å². The number of rotatable bonds is 4. The van der Waals surface area contributed by atoms with E-state index in [1.165, 1.54) is 6.92 Å². The lowest BCUT2D eigenvalue weighted by atomic mass is 9.91. The molecule has 0 radical (unpaired) electrons. The molecule has 3 heterocycles. The SMILES string of the molecule is CC(=O)N1CCc2cc(NC(=O)CN3C(=O)NC(C)(c4ccc5c(c4)OCCCO5)C3=O)ccc21. The summed E-state index contributed by atoms with van der Waals surface area (Å²) >= 11 is 0. The van der Waals surface area contributed by atoms with Crippen LogP contribution in [0.1, 0.15) is 31.4 Å². The summed E-state index contributed by atoms with van der Waals surface area (Å²) < 4.78 is 11.4. The zero-order valence-corrected chi connectivity index (χ0v) is 19.6. The van der Waals surface area contributed by atoms with E-state index in [0.717, 1.165) is 22.6 Å². The fourth-order valence-corrected chi connectivity index (χ4v) is 4.66. The van der Waals surface area contributed by atoms with Gasteiger partial charge in [0.1, 0.15) is 12.1 Å². The molecule has 1 atom stereocenters. The lowest BCUT2D eigenvalue weighted by Crippen LogP contribution is -2.42. The number of carbonyl (C=O) groups excluding carboxylic acids is 4. The molecule has 2 N–H and O–H groups in total. The standard InChI is InChI=1S/C25H26N4O6/c1-15(30)28-9-8-16-12-18(5-6-19(16)28)26-22(31)14-29-23(32)25(2,27-24(29)33)17-4-7-20-21(13-17)35-11-3-10-34-20/h4-7,12-13H,3,8-11,14H2,1-2H3,(H,26,31)(H,27,33). The quantitative estimate of drug-likeness (QED) is 0.651. The first-order chi connectivity index (χ1) is 16.8. The minimum absolute atomic E-state index is 0.0317. The van der Waals surface area contributed by atoms with Gasteiger partial charge in [0, 0.05) is 31.3 Å². The molecule has 2 aromatic rings. The van der Waals surface area contributed by atoms with Crippen LogP contribution in [0.4, 0.5) is 16.2 Å². The lowest BCUT2D eigenvalue weighted by Gasteiger charge is -2.23. The number of nitrogens with zero attached hydrogens (tertiary/aromatic N) is 2. The molecule has 10 nitrogen and oxygen atoms in total. The van der Waals surface area contributed by atoms with Crippen LogP contribution >= 0.6 is 0 Å². The number of carbonyl (C=O) groups is 4. The maximum atomic E-state index is 13.3. The number of benzene rings is 2. The second kappa shape index (κ2) is 8.61. The number of urea groups is 1. The van der Waals surface area contributed by atoms with Gasteiger partial charge < -0.3 is 25.0 Å². The maximum Gasteiger partial charge on any atom is 0.325 e. The Morgan fingerprint density at radius 1 is 1.09 bits per heavy atom. The Morgan fingerprint density at radius 2 is 1.86 bits per heavy atom. The molecule has 1 unspecified atom stereocenters. The topological polar surface area (TPSA) is 117 Å². The van der Waals surface area contributed by atoms with Gasteiger partial charge in [-0.25, -0.2) is 4.79 Å². The van der Waals surface area contributed by atoms with Gasteiger partial charge in [0.05, 0.1) is 13.2 Å². The summed E-state index contributed by atoms with van der Waals surface area (Å²) in [5.74, 6) is 0.0368. The van der Waals surface area contributed by atoms with E-state index in [2.05, 4.69) is 10.6 Å². The summed E-state index contributed by atoms with van der Waals surface area (Å²) in [6.45, 7) is 4.33. The fourth-order valence-electron chi connectivity index (χ4n) is 4.66. The molecular weight excluding hydrogens is 452 g/mol. The molecule has 3 aliphatic rings. The minimum atomic E-state index is -1.34. The van der Waals surface area contributed by atoms with Crippen molar-refractivity contribution in [3.63, 3.8) is 0 Å². The highest BCUT2D eigenvalue weighted by molar-refractivity contribution is 6.10. The van der Waals surface area contributed by atoms with Crippen LogP contribution in [-0.4, -0.2) is 55.0 Å². The van der Waals surface area contributed by atoms with E-state index in [1.54, 1.807) is 42.2 Å². The second-order valence-electron chi connectivity index (χ2n) is 8.97. The average molecular weight is 479 g/mol. The maximum absolute atomic E-state index is 13.3. The smallest absolute Gasteiger partial charge is 0.325 e. The number of hydrogen-bond acceptors (Lipinski definition) is 6. The normalized spacial score (nSPS) is 20.9. The van der Waals surface area contributed by atoms with Crippen molar-refractivity contribution in [1.29, 1.82) is 0 Å². The molecule has 1 fully saturated rings. The van der Waals surface area contributed by atoms with Gasteiger partial charge in [0.25, 0.3) is 5.91 Å². The van der Waals surface area contributed by atoms with Crippen LogP contribution < -0.4 is 25.0 Å². The van der Waals surface area contributed by atoms with Crippen molar-refractivity contribution in [3.05, 3.63) is 47.5 Å². The average Bonchev–Trinajstić information content (AvgIpc) is 3.22. The third-order valence-corrected chi connectivity index (χ3v) is 6.54. The predicted octanol–water partition coefficient (Wildman–Crippen LogP) is 2.16. The van der Waals surface area contributed by atoms with Gasteiger partial charge in [-0.05, 0) is 54.8 Å². The second-order valence-corrected chi connectivity index (χ2v) is 8.97. The zero-order chi connectivity index (χ0) is 24.7. The molecule has 5 amide bonds. The van der Waals surface area contributed by atoms with E-state index in [-0.39, 0.29) is 5.91 Å². The Labute approximate surface area is 202 Å². The Morgan fingerprint density at radius 3 is 2.63 bits per heavy atom. The Balaban J connectivity index is 1.29. The van der Waals surface area contributed by atoms with Gasteiger partial charge in [-0.15, -0.1) is 0 Å². The molecule has 0 spiro atoms. The third kappa shape index (κ3) is 4.05. The molecule has 0 aliphatic carbocycles. The van der Waals surface area contributed by atoms with Crippen molar-refractivity contribution in [2.45, 2.75) is 32.2 Å². The van der Waals surface area contributed by atoms with Crippen molar-refractivity contribution in [2.75, 3.05) is 36.5 Å². The number of imide groups is 1. The third-order valence-electron chi connectivity index (χ3n) is 6.54. The molecule has 0 bridgehead atoms. The molecule has 0 aromatic heterocycles. The van der Waals surface area contributed by atoms with Crippen molar-refractivity contribution in [1.82, 2.24) is 10.2 Å². The number of hydrogen-bond donors (Lipinski definition) is 2. The van der Waals surface area contributed by atoms with Crippen LogP contribution in [-0.2, 0) is 26.3 Å². The largest absolute Gasteiger partial charge is 0.490 e. The highest BCUT2D eigenvalue weighted by atomic mass is 16.5. The number of anilines is 2. The van der Waals surface area contributed by atoms with E-state index in [9.17, 15) is 19.2 Å². The molecule has 5 rings (SSSR count). The van der Waals surface area contributed by atoms with E-state index in [0.29, 0.717) is 48.9 Å². The van der Waals surface area contributed by atoms with E-state index < -0.39 is 29.9 Å². The molecule has 35 heavy (non-hydrogen) atoms. The Kier molecular flexibility index (Phi) is 5.58. The van der Waals surface area contributed by atoms with Gasteiger partial charge in [-0.2, -0.15) is 0 Å². The summed E-state index contributed by atoms with van der Waals surface area (Å²) in [7, 11) is 0. The van der Waals surface area contributed by atoms with Crippen LogP contribution in [0.5, 0.6) is 11.5 Å². The van der Waals surface area contributed by atoms with Crippen molar-refractivity contribution in [3.8, 4) is 11.5 Å². The predicted molar refractivity (Wildman–Crippen MR) is 126 cm³/mol. The first-order valence-corrected chi connectivity index (χ1v) is 11.5. The first kappa shape index (κ1) is 22.7. The summed E-state index contributed by atoms with van der Waals surface area (Å²) in [6, 6.07) is 9.77. The molecular formula is C25H26N4O6. The zero-order valence-electron chi connectivity index (χ0n) is 19.6. The van der Waals surface area contributed by atoms with Crippen LogP contribution in [0.25, 0.3) is 0 Å². The Bertz CT molecular complexity index is 1240. The van der Waals surface area contributed by atoms with Gasteiger partial charge in [0.2, 0.25) is 11.8 Å². The highest BCUT2D eigenvalue weighted by Gasteiger charge is 2.49. The molecule has 10 heteroatoms. The molecule has 2 aromatic carbocycles. The van der Waals surface area contributed by atoms with E-state index in [4.69, 9.17) is 9.47 Å². The summed E-state index contributed by atoms with van der Waals surface area (Å²) in [6.07, 6.45) is 1.44. The molecule has 182 valence electrons.